The molecule has 0 saturated heterocycles. The summed E-state index contributed by atoms with van der Waals surface area (Å²) < 4.78 is 34.0. The Morgan fingerprint density at radius 2 is 0.902 bits per heavy atom. The topological polar surface area (TPSA) is 111 Å². The van der Waals surface area contributed by atoms with Crippen LogP contribution in [0.4, 0.5) is 0 Å². The molecule has 9 nitrogen and oxygen atoms in total. The molecule has 358 valence electrons. The molecule has 0 aliphatic rings. The molecule has 0 N–H and O–H groups in total. The molecule has 0 radical (unpaired) electrons. The molecule has 1 unspecified atom stereocenters. The fraction of sp³-hybridized carbons (Fsp3) is 0.843. The summed E-state index contributed by atoms with van der Waals surface area (Å²) >= 11 is 0. The monoisotopic (exact) mass is 882 g/mol. The number of esters is 2. The van der Waals surface area contributed by atoms with E-state index in [0.717, 1.165) is 44.9 Å². The number of allylic oxidation sites excluding steroid dienone is 6. The molecule has 0 spiro atoms. The molecule has 0 saturated carbocycles. The van der Waals surface area contributed by atoms with Gasteiger partial charge < -0.3 is 27.9 Å². The van der Waals surface area contributed by atoms with Gasteiger partial charge in [-0.15, -0.1) is 0 Å². The number of carbonyl (C=O) groups is 2. The fourth-order valence-electron chi connectivity index (χ4n) is 6.97. The van der Waals surface area contributed by atoms with Crippen LogP contribution >= 0.6 is 7.82 Å². The first-order valence-corrected chi connectivity index (χ1v) is 26.7. The van der Waals surface area contributed by atoms with Gasteiger partial charge in [0.15, 0.2) is 6.10 Å². The van der Waals surface area contributed by atoms with Gasteiger partial charge in [0.05, 0.1) is 27.7 Å². The lowest BCUT2D eigenvalue weighted by Crippen LogP contribution is -2.37. The minimum Gasteiger partial charge on any atom is -0.756 e. The number of quaternary nitrogens is 1. The zero-order valence-corrected chi connectivity index (χ0v) is 41.3. The predicted octanol–water partition coefficient (Wildman–Crippen LogP) is 14.2. The van der Waals surface area contributed by atoms with Crippen molar-refractivity contribution in [3.05, 3.63) is 36.5 Å². The van der Waals surface area contributed by atoms with Crippen molar-refractivity contribution in [2.75, 3.05) is 47.5 Å². The van der Waals surface area contributed by atoms with Gasteiger partial charge in [-0.05, 0) is 44.9 Å². The second-order valence-electron chi connectivity index (χ2n) is 18.2. The summed E-state index contributed by atoms with van der Waals surface area (Å²) in [5.74, 6) is -0.886. The van der Waals surface area contributed by atoms with Gasteiger partial charge in [-0.2, -0.15) is 0 Å². The molecular formula is C51H96NO8P. The first-order valence-electron chi connectivity index (χ1n) is 25.2. The van der Waals surface area contributed by atoms with Gasteiger partial charge in [0.25, 0.3) is 7.82 Å². The van der Waals surface area contributed by atoms with Crippen LogP contribution in [-0.2, 0) is 32.7 Å². The van der Waals surface area contributed by atoms with Crippen molar-refractivity contribution in [2.24, 2.45) is 0 Å². The van der Waals surface area contributed by atoms with Crippen molar-refractivity contribution in [3.8, 4) is 0 Å². The van der Waals surface area contributed by atoms with Gasteiger partial charge in [-0.3, -0.25) is 14.2 Å². The predicted molar refractivity (Wildman–Crippen MR) is 254 cm³/mol. The number of rotatable bonds is 46. The molecule has 10 heteroatoms. The number of hydrogen-bond acceptors (Lipinski definition) is 8. The van der Waals surface area contributed by atoms with E-state index in [1.54, 1.807) is 0 Å². The van der Waals surface area contributed by atoms with E-state index in [1.165, 1.54) is 141 Å². The maximum Gasteiger partial charge on any atom is 0.306 e. The third-order valence-corrected chi connectivity index (χ3v) is 11.9. The molecule has 0 heterocycles. The maximum absolute atomic E-state index is 12.7. The zero-order chi connectivity index (χ0) is 45.0. The minimum atomic E-state index is -4.64. The largest absolute Gasteiger partial charge is 0.756 e. The van der Waals surface area contributed by atoms with Gasteiger partial charge in [0.1, 0.15) is 19.8 Å². The number of hydrogen-bond donors (Lipinski definition) is 0. The summed E-state index contributed by atoms with van der Waals surface area (Å²) in [5, 5.41) is 0. The van der Waals surface area contributed by atoms with Crippen LogP contribution in [0.2, 0.25) is 0 Å². The summed E-state index contributed by atoms with van der Waals surface area (Å²) in [6.45, 7) is 4.20. The minimum absolute atomic E-state index is 0.0371. The Morgan fingerprint density at radius 3 is 1.36 bits per heavy atom. The molecule has 0 bridgehead atoms. The highest BCUT2D eigenvalue weighted by Crippen LogP contribution is 2.38. The highest BCUT2D eigenvalue weighted by Gasteiger charge is 2.21. The van der Waals surface area contributed by atoms with Crippen molar-refractivity contribution in [3.63, 3.8) is 0 Å². The number of phosphoric acid groups is 1. The summed E-state index contributed by atoms with van der Waals surface area (Å²) in [7, 11) is 1.15. The Labute approximate surface area is 376 Å². The van der Waals surface area contributed by atoms with Crippen molar-refractivity contribution in [2.45, 2.75) is 232 Å². The smallest absolute Gasteiger partial charge is 0.306 e. The van der Waals surface area contributed by atoms with E-state index in [-0.39, 0.29) is 26.1 Å². The van der Waals surface area contributed by atoms with Crippen molar-refractivity contribution >= 4 is 19.8 Å². The Hall–Kier alpha value is -1.77. The van der Waals surface area contributed by atoms with Gasteiger partial charge in [-0.1, -0.05) is 204 Å². The lowest BCUT2D eigenvalue weighted by Gasteiger charge is -2.28. The average molecular weight is 882 g/mol. The molecule has 0 aliphatic carbocycles. The molecule has 61 heavy (non-hydrogen) atoms. The van der Waals surface area contributed by atoms with Crippen LogP contribution in [0.25, 0.3) is 0 Å². The first kappa shape index (κ1) is 59.2. The Balaban J connectivity index is 4.31. The molecule has 2 atom stereocenters. The van der Waals surface area contributed by atoms with Crippen LogP contribution in [0, 0.1) is 0 Å². The molecular weight excluding hydrogens is 786 g/mol. The molecule has 0 aromatic rings. The fourth-order valence-corrected chi connectivity index (χ4v) is 7.69. The molecule has 0 aromatic heterocycles. The van der Waals surface area contributed by atoms with Gasteiger partial charge in [0, 0.05) is 12.8 Å². The summed E-state index contributed by atoms with van der Waals surface area (Å²) in [6.07, 6.45) is 50.4. The number of unbranched alkanes of at least 4 members (excludes halogenated alkanes) is 26. The van der Waals surface area contributed by atoms with Gasteiger partial charge in [0.2, 0.25) is 0 Å². The summed E-state index contributed by atoms with van der Waals surface area (Å²) in [4.78, 5) is 37.6. The third-order valence-electron chi connectivity index (χ3n) is 10.9. The van der Waals surface area contributed by atoms with E-state index in [4.69, 9.17) is 18.5 Å². The molecule has 0 rings (SSSR count). The molecule has 0 aliphatic heterocycles. The number of ether oxygens (including phenoxy) is 2. The Kier molecular flexibility index (Phi) is 42.2. The van der Waals surface area contributed by atoms with E-state index < -0.39 is 32.5 Å². The van der Waals surface area contributed by atoms with Crippen molar-refractivity contribution < 1.29 is 42.1 Å². The van der Waals surface area contributed by atoms with Crippen LogP contribution in [0.15, 0.2) is 36.5 Å². The number of nitrogens with zero attached hydrogens (tertiary/aromatic N) is 1. The Bertz CT molecular complexity index is 1130. The van der Waals surface area contributed by atoms with E-state index >= 15 is 0 Å². The second-order valence-corrected chi connectivity index (χ2v) is 19.6. The van der Waals surface area contributed by atoms with Crippen molar-refractivity contribution in [1.29, 1.82) is 0 Å². The normalized spacial score (nSPS) is 13.7. The van der Waals surface area contributed by atoms with E-state index in [1.807, 2.05) is 21.1 Å². The maximum atomic E-state index is 12.7. The molecule has 0 amide bonds. The lowest BCUT2D eigenvalue weighted by atomic mass is 10.0. The van der Waals surface area contributed by atoms with Gasteiger partial charge >= 0.3 is 11.9 Å². The second kappa shape index (κ2) is 43.5. The Morgan fingerprint density at radius 1 is 0.508 bits per heavy atom. The van der Waals surface area contributed by atoms with E-state index in [0.29, 0.717) is 23.9 Å². The number of phosphoric ester groups is 1. The first-order chi connectivity index (χ1) is 29.5. The SMILES string of the molecule is CCCCCCCC/C=C/C/C=C/C/C=C/CCCC(=O)OC[C@H](COP(=O)([O-])OCC[N+](C)(C)C)OC(=O)CCCCCCCCCCCCCCCCCCCCCC. The lowest BCUT2D eigenvalue weighted by molar-refractivity contribution is -0.870. The number of carbonyl (C=O) groups excluding carboxylic acids is 2. The molecule has 0 aromatic carbocycles. The van der Waals surface area contributed by atoms with E-state index in [2.05, 4.69) is 50.3 Å². The highest BCUT2D eigenvalue weighted by atomic mass is 31.2. The van der Waals surface area contributed by atoms with Gasteiger partial charge in [-0.25, -0.2) is 0 Å². The summed E-state index contributed by atoms with van der Waals surface area (Å²) in [5.41, 5.74) is 0. The van der Waals surface area contributed by atoms with Crippen LogP contribution in [-0.4, -0.2) is 70.0 Å². The third kappa shape index (κ3) is 47.5. The summed E-state index contributed by atoms with van der Waals surface area (Å²) in [6, 6.07) is 0. The number of likely N-dealkylation sites (N-methyl/N-ethyl adjacent to an activating group) is 1. The standard InChI is InChI=1S/C51H96NO8P/c1-6-8-10-12-14-16-18-20-22-24-25-26-28-30-32-34-36-38-40-42-44-51(54)60-49(48-59-61(55,56)58-46-45-52(3,4)5)47-57-50(53)43-41-39-37-35-33-31-29-27-23-21-19-17-15-13-11-9-7-2/h21,23,29,31,35,37,49H,6-20,22,24-28,30,32-34,36,38-48H2,1-5H3/b23-21+,31-29+,37-35+/t49-/m1/s1. The highest BCUT2D eigenvalue weighted by molar-refractivity contribution is 7.45. The zero-order valence-electron chi connectivity index (χ0n) is 40.4. The van der Waals surface area contributed by atoms with Crippen LogP contribution in [0.3, 0.4) is 0 Å². The van der Waals surface area contributed by atoms with Crippen LogP contribution in [0.1, 0.15) is 226 Å². The van der Waals surface area contributed by atoms with Crippen LogP contribution in [0.5, 0.6) is 0 Å². The molecule has 0 fully saturated rings. The van der Waals surface area contributed by atoms with E-state index in [9.17, 15) is 19.0 Å². The van der Waals surface area contributed by atoms with Crippen LogP contribution < -0.4 is 4.89 Å². The quantitative estimate of drug-likeness (QED) is 0.0195. The van der Waals surface area contributed by atoms with Crippen molar-refractivity contribution in [1.82, 2.24) is 0 Å². The average Bonchev–Trinajstić information content (AvgIpc) is 3.21.